The summed E-state index contributed by atoms with van der Waals surface area (Å²) in [5.41, 5.74) is 2.72. The van der Waals surface area contributed by atoms with Gasteiger partial charge in [-0.05, 0) is 49.4 Å². The van der Waals surface area contributed by atoms with Crippen LogP contribution in [0.25, 0.3) is 22.5 Å². The van der Waals surface area contributed by atoms with E-state index in [1.807, 2.05) is 61.5 Å². The van der Waals surface area contributed by atoms with Crippen molar-refractivity contribution in [3.8, 4) is 11.6 Å². The lowest BCUT2D eigenvalue weighted by atomic mass is 10.2. The Morgan fingerprint density at radius 3 is 2.58 bits per heavy atom. The van der Waals surface area contributed by atoms with Crippen molar-refractivity contribution in [3.63, 3.8) is 0 Å². The Hall–Kier alpha value is -3.36. The highest BCUT2D eigenvalue weighted by atomic mass is 32.2. The summed E-state index contributed by atoms with van der Waals surface area (Å²) in [5, 5.41) is 4.32. The quantitative estimate of drug-likeness (QED) is 0.326. The van der Waals surface area contributed by atoms with Crippen LogP contribution >= 0.6 is 11.8 Å². The molecule has 0 saturated carbocycles. The molecule has 0 spiro atoms. The molecule has 8 heteroatoms. The number of thioether (sulfide) groups is 1. The summed E-state index contributed by atoms with van der Waals surface area (Å²) in [4.78, 5) is 24.5. The zero-order valence-electron chi connectivity index (χ0n) is 18.2. The van der Waals surface area contributed by atoms with Crippen LogP contribution in [-0.2, 0) is 9.53 Å². The van der Waals surface area contributed by atoms with Crippen molar-refractivity contribution >= 4 is 39.9 Å². The van der Waals surface area contributed by atoms with Gasteiger partial charge in [0, 0.05) is 29.9 Å². The molecule has 5 rings (SSSR count). The lowest BCUT2D eigenvalue weighted by molar-refractivity contribution is -0.115. The molecule has 1 N–H and O–H groups in total. The average Bonchev–Trinajstić information content (AvgIpc) is 3.40. The Balaban J connectivity index is 1.31. The molecule has 4 aromatic rings. The van der Waals surface area contributed by atoms with E-state index in [1.165, 1.54) is 11.8 Å². The number of nitrogens with one attached hydrogen (secondary N) is 1. The summed E-state index contributed by atoms with van der Waals surface area (Å²) in [6.07, 6.45) is 1.60. The van der Waals surface area contributed by atoms with Crippen LogP contribution in [0.1, 0.15) is 6.92 Å². The van der Waals surface area contributed by atoms with Crippen molar-refractivity contribution in [2.45, 2.75) is 17.2 Å². The molecule has 0 radical (unpaired) electrons. The summed E-state index contributed by atoms with van der Waals surface area (Å²) in [6.45, 7) is 5.13. The minimum Gasteiger partial charge on any atom is -0.461 e. The number of hydrogen-bond acceptors (Lipinski definition) is 7. The first kappa shape index (κ1) is 21.5. The number of rotatable bonds is 6. The van der Waals surface area contributed by atoms with Gasteiger partial charge in [0.2, 0.25) is 5.91 Å². The summed E-state index contributed by atoms with van der Waals surface area (Å²) >= 11 is 1.41. The molecule has 7 nitrogen and oxygen atoms in total. The number of para-hydroxylation sites is 1. The Labute approximate surface area is 196 Å². The number of anilines is 2. The number of nitrogens with zero attached hydrogens (tertiary/aromatic N) is 3. The third-order valence-electron chi connectivity index (χ3n) is 5.48. The highest BCUT2D eigenvalue weighted by Crippen LogP contribution is 2.31. The largest absolute Gasteiger partial charge is 0.461 e. The van der Waals surface area contributed by atoms with Gasteiger partial charge in [-0.15, -0.1) is 0 Å². The van der Waals surface area contributed by atoms with Crippen molar-refractivity contribution in [2.24, 2.45) is 0 Å². The molecule has 1 unspecified atom stereocenters. The number of amides is 1. The second-order valence-electron chi connectivity index (χ2n) is 7.74. The Bertz CT molecular complexity index is 1240. The van der Waals surface area contributed by atoms with E-state index in [1.54, 1.807) is 12.3 Å². The number of benzene rings is 2. The number of furan rings is 1. The number of ether oxygens (including phenoxy) is 1. The fourth-order valence-corrected chi connectivity index (χ4v) is 4.63. The highest BCUT2D eigenvalue weighted by Gasteiger charge is 2.19. The molecule has 0 aliphatic carbocycles. The second kappa shape index (κ2) is 9.64. The highest BCUT2D eigenvalue weighted by molar-refractivity contribution is 8.00. The Kier molecular flexibility index (Phi) is 6.28. The molecule has 2 aromatic heterocycles. The van der Waals surface area contributed by atoms with E-state index in [0.29, 0.717) is 11.6 Å². The van der Waals surface area contributed by atoms with E-state index in [9.17, 15) is 4.79 Å². The smallest absolute Gasteiger partial charge is 0.237 e. The first-order valence-electron chi connectivity index (χ1n) is 10.9. The zero-order valence-corrected chi connectivity index (χ0v) is 19.0. The fourth-order valence-electron chi connectivity index (χ4n) is 3.70. The molecule has 1 aliphatic rings. The fraction of sp³-hybridized carbons (Fsp3) is 0.240. The van der Waals surface area contributed by atoms with E-state index in [4.69, 9.17) is 14.1 Å². The predicted molar refractivity (Wildman–Crippen MR) is 131 cm³/mol. The lowest BCUT2D eigenvalue weighted by Crippen LogP contribution is -2.36. The van der Waals surface area contributed by atoms with Crippen LogP contribution in [0.15, 0.2) is 76.4 Å². The first-order valence-corrected chi connectivity index (χ1v) is 11.8. The molecule has 1 amide bonds. The minimum atomic E-state index is -0.355. The number of aromatic nitrogens is 2. The number of fused-ring (bicyclic) bond motifs is 1. The molecule has 33 heavy (non-hydrogen) atoms. The normalized spacial score (nSPS) is 14.9. The van der Waals surface area contributed by atoms with Crippen LogP contribution in [-0.4, -0.2) is 47.4 Å². The molecular weight excluding hydrogens is 436 g/mol. The molecule has 0 bridgehead atoms. The maximum absolute atomic E-state index is 12.9. The van der Waals surface area contributed by atoms with Gasteiger partial charge in [0.15, 0.2) is 11.6 Å². The topological polar surface area (TPSA) is 80.5 Å². The number of carbonyl (C=O) groups excluding carboxylic acids is 1. The van der Waals surface area contributed by atoms with Gasteiger partial charge in [-0.2, -0.15) is 0 Å². The maximum Gasteiger partial charge on any atom is 0.237 e. The van der Waals surface area contributed by atoms with Crippen molar-refractivity contribution in [1.82, 2.24) is 9.97 Å². The van der Waals surface area contributed by atoms with Gasteiger partial charge >= 0.3 is 0 Å². The lowest BCUT2D eigenvalue weighted by Gasteiger charge is -2.28. The number of carbonyl (C=O) groups is 1. The van der Waals surface area contributed by atoms with Crippen LogP contribution in [0.5, 0.6) is 0 Å². The third kappa shape index (κ3) is 4.86. The van der Waals surface area contributed by atoms with Gasteiger partial charge < -0.3 is 19.4 Å². The molecule has 1 atom stereocenters. The SMILES string of the molecule is CC(Sc1nc(-c2ccco2)nc2ccccc12)C(=O)Nc1ccc(N2CCOCC2)cc1. The van der Waals surface area contributed by atoms with E-state index in [2.05, 4.69) is 15.2 Å². The first-order chi connectivity index (χ1) is 16.2. The molecular formula is C25H24N4O3S. The zero-order chi connectivity index (χ0) is 22.6. The molecule has 1 aliphatic heterocycles. The Morgan fingerprint density at radius 1 is 1.03 bits per heavy atom. The van der Waals surface area contributed by atoms with Crippen molar-refractivity contribution in [3.05, 3.63) is 66.9 Å². The average molecular weight is 461 g/mol. The van der Waals surface area contributed by atoms with Gasteiger partial charge in [0.1, 0.15) is 5.03 Å². The van der Waals surface area contributed by atoms with Crippen LogP contribution in [0.3, 0.4) is 0 Å². The van der Waals surface area contributed by atoms with Crippen LogP contribution < -0.4 is 10.2 Å². The van der Waals surface area contributed by atoms with E-state index < -0.39 is 0 Å². The summed E-state index contributed by atoms with van der Waals surface area (Å²) in [6, 6.07) is 19.4. The van der Waals surface area contributed by atoms with Gasteiger partial charge in [-0.3, -0.25) is 4.79 Å². The molecule has 2 aromatic carbocycles. The van der Waals surface area contributed by atoms with Crippen molar-refractivity contribution < 1.29 is 13.9 Å². The van der Waals surface area contributed by atoms with E-state index >= 15 is 0 Å². The monoisotopic (exact) mass is 460 g/mol. The molecule has 1 fully saturated rings. The summed E-state index contributed by atoms with van der Waals surface area (Å²) in [5.74, 6) is 1.02. The van der Waals surface area contributed by atoms with Gasteiger partial charge in [-0.25, -0.2) is 9.97 Å². The molecule has 3 heterocycles. The predicted octanol–water partition coefficient (Wildman–Crippen LogP) is 4.85. The minimum absolute atomic E-state index is 0.0821. The summed E-state index contributed by atoms with van der Waals surface area (Å²) in [7, 11) is 0. The standard InChI is InChI=1S/C25H24N4O3S/c1-17(24(30)26-18-8-10-19(11-9-18)29-12-15-31-16-13-29)33-25-20-5-2-3-6-21(20)27-23(28-25)22-7-4-14-32-22/h2-11,14,17H,12-13,15-16H2,1H3,(H,26,30). The molecule has 168 valence electrons. The van der Waals surface area contributed by atoms with Gasteiger partial charge in [0.25, 0.3) is 0 Å². The van der Waals surface area contributed by atoms with Gasteiger partial charge in [-0.1, -0.05) is 30.0 Å². The van der Waals surface area contributed by atoms with Crippen LogP contribution in [0.2, 0.25) is 0 Å². The van der Waals surface area contributed by atoms with Crippen LogP contribution in [0, 0.1) is 0 Å². The maximum atomic E-state index is 12.9. The van der Waals surface area contributed by atoms with Gasteiger partial charge in [0.05, 0.1) is 30.2 Å². The van der Waals surface area contributed by atoms with Crippen molar-refractivity contribution in [1.29, 1.82) is 0 Å². The second-order valence-corrected chi connectivity index (χ2v) is 9.07. The van der Waals surface area contributed by atoms with Crippen LogP contribution in [0.4, 0.5) is 11.4 Å². The summed E-state index contributed by atoms with van der Waals surface area (Å²) < 4.78 is 10.9. The molecule has 1 saturated heterocycles. The van der Waals surface area contributed by atoms with E-state index in [-0.39, 0.29) is 11.2 Å². The number of hydrogen-bond donors (Lipinski definition) is 1. The third-order valence-corrected chi connectivity index (χ3v) is 6.58. The number of morpholine rings is 1. The van der Waals surface area contributed by atoms with Crippen molar-refractivity contribution in [2.75, 3.05) is 36.5 Å². The Morgan fingerprint density at radius 2 is 1.82 bits per heavy atom. The van der Waals surface area contributed by atoms with E-state index in [0.717, 1.165) is 53.6 Å².